The van der Waals surface area contributed by atoms with Gasteiger partial charge in [0.2, 0.25) is 5.91 Å². The average Bonchev–Trinajstić information content (AvgIpc) is 2.35. The zero-order valence-corrected chi connectivity index (χ0v) is 11.2. The Hall–Kier alpha value is -1.61. The first-order valence-electron chi connectivity index (χ1n) is 6.31. The van der Waals surface area contributed by atoms with E-state index in [2.05, 4.69) is 48.4 Å². The fourth-order valence-electron chi connectivity index (χ4n) is 1.72. The SMILES string of the molecule is C=CCNC(=O)C(C)NCCc1cccc(C)c1. The molecule has 0 bridgehead atoms. The average molecular weight is 246 g/mol. The fourth-order valence-corrected chi connectivity index (χ4v) is 1.72. The number of benzene rings is 1. The van der Waals surface area contributed by atoms with Gasteiger partial charge in [0.25, 0.3) is 0 Å². The Labute approximate surface area is 109 Å². The molecule has 0 aliphatic rings. The molecule has 0 spiro atoms. The van der Waals surface area contributed by atoms with Gasteiger partial charge in [-0.3, -0.25) is 4.79 Å². The molecule has 2 N–H and O–H groups in total. The Kier molecular flexibility index (Phi) is 6.15. The lowest BCUT2D eigenvalue weighted by atomic mass is 10.1. The van der Waals surface area contributed by atoms with Gasteiger partial charge in [0.1, 0.15) is 0 Å². The quantitative estimate of drug-likeness (QED) is 0.721. The van der Waals surface area contributed by atoms with E-state index in [-0.39, 0.29) is 11.9 Å². The Morgan fingerprint density at radius 2 is 2.28 bits per heavy atom. The van der Waals surface area contributed by atoms with Crippen molar-refractivity contribution in [2.75, 3.05) is 13.1 Å². The molecule has 3 nitrogen and oxygen atoms in total. The molecular formula is C15H22N2O. The maximum atomic E-state index is 11.6. The first-order valence-corrected chi connectivity index (χ1v) is 6.31. The lowest BCUT2D eigenvalue weighted by Gasteiger charge is -2.13. The second-order valence-corrected chi connectivity index (χ2v) is 4.45. The number of nitrogens with one attached hydrogen (secondary N) is 2. The van der Waals surface area contributed by atoms with Crippen LogP contribution in [0.4, 0.5) is 0 Å². The van der Waals surface area contributed by atoms with E-state index in [1.165, 1.54) is 11.1 Å². The molecule has 0 saturated carbocycles. The van der Waals surface area contributed by atoms with Crippen LogP contribution in [0.15, 0.2) is 36.9 Å². The number of aryl methyl sites for hydroxylation is 1. The second-order valence-electron chi connectivity index (χ2n) is 4.45. The molecule has 18 heavy (non-hydrogen) atoms. The van der Waals surface area contributed by atoms with Crippen molar-refractivity contribution in [1.29, 1.82) is 0 Å². The van der Waals surface area contributed by atoms with E-state index < -0.39 is 0 Å². The van der Waals surface area contributed by atoms with E-state index in [0.717, 1.165) is 13.0 Å². The highest BCUT2D eigenvalue weighted by Gasteiger charge is 2.09. The Balaban J connectivity index is 2.28. The van der Waals surface area contributed by atoms with Crippen LogP contribution in [0, 0.1) is 6.92 Å². The van der Waals surface area contributed by atoms with Crippen LogP contribution in [0.1, 0.15) is 18.1 Å². The summed E-state index contributed by atoms with van der Waals surface area (Å²) in [6, 6.07) is 8.25. The maximum Gasteiger partial charge on any atom is 0.237 e. The highest BCUT2D eigenvalue weighted by atomic mass is 16.2. The summed E-state index contributed by atoms with van der Waals surface area (Å²) in [7, 11) is 0. The number of carbonyl (C=O) groups is 1. The summed E-state index contributed by atoms with van der Waals surface area (Å²) in [5.41, 5.74) is 2.56. The molecule has 1 aromatic carbocycles. The van der Waals surface area contributed by atoms with E-state index in [1.54, 1.807) is 6.08 Å². The van der Waals surface area contributed by atoms with Crippen LogP contribution in [0.25, 0.3) is 0 Å². The molecule has 98 valence electrons. The molecule has 1 amide bonds. The second kappa shape index (κ2) is 7.67. The highest BCUT2D eigenvalue weighted by Crippen LogP contribution is 2.03. The summed E-state index contributed by atoms with van der Waals surface area (Å²) in [4.78, 5) is 11.6. The maximum absolute atomic E-state index is 11.6. The number of rotatable bonds is 7. The molecule has 0 fully saturated rings. The van der Waals surface area contributed by atoms with Crippen LogP contribution in [0.5, 0.6) is 0 Å². The van der Waals surface area contributed by atoms with Crippen molar-refractivity contribution in [2.45, 2.75) is 26.3 Å². The van der Waals surface area contributed by atoms with Crippen molar-refractivity contribution in [2.24, 2.45) is 0 Å². The van der Waals surface area contributed by atoms with Crippen LogP contribution < -0.4 is 10.6 Å². The molecule has 0 aliphatic heterocycles. The van der Waals surface area contributed by atoms with Gasteiger partial charge in [-0.05, 0) is 32.4 Å². The van der Waals surface area contributed by atoms with Gasteiger partial charge >= 0.3 is 0 Å². The minimum atomic E-state index is -0.172. The molecular weight excluding hydrogens is 224 g/mol. The molecule has 1 aromatic rings. The van der Waals surface area contributed by atoms with Crippen LogP contribution in [-0.4, -0.2) is 25.0 Å². The van der Waals surface area contributed by atoms with E-state index in [0.29, 0.717) is 6.54 Å². The zero-order valence-electron chi connectivity index (χ0n) is 11.2. The molecule has 0 saturated heterocycles. The van der Waals surface area contributed by atoms with Gasteiger partial charge in [0.15, 0.2) is 0 Å². The van der Waals surface area contributed by atoms with Gasteiger partial charge in [0, 0.05) is 6.54 Å². The normalized spacial score (nSPS) is 11.9. The third kappa shape index (κ3) is 5.15. The van der Waals surface area contributed by atoms with Gasteiger partial charge in [-0.2, -0.15) is 0 Å². The lowest BCUT2D eigenvalue weighted by Crippen LogP contribution is -2.42. The molecule has 0 aliphatic carbocycles. The molecule has 1 atom stereocenters. The number of amides is 1. The Morgan fingerprint density at radius 3 is 2.94 bits per heavy atom. The van der Waals surface area contributed by atoms with Crippen molar-refractivity contribution < 1.29 is 4.79 Å². The molecule has 0 heterocycles. The first-order chi connectivity index (χ1) is 8.63. The van der Waals surface area contributed by atoms with E-state index in [1.807, 2.05) is 6.92 Å². The monoisotopic (exact) mass is 246 g/mol. The Morgan fingerprint density at radius 1 is 1.50 bits per heavy atom. The van der Waals surface area contributed by atoms with Crippen LogP contribution in [0.2, 0.25) is 0 Å². The van der Waals surface area contributed by atoms with E-state index >= 15 is 0 Å². The third-order valence-corrected chi connectivity index (χ3v) is 2.76. The van der Waals surface area contributed by atoms with Crippen LogP contribution >= 0.6 is 0 Å². The summed E-state index contributed by atoms with van der Waals surface area (Å²) in [6.07, 6.45) is 2.61. The molecule has 0 radical (unpaired) electrons. The van der Waals surface area contributed by atoms with Crippen molar-refractivity contribution in [1.82, 2.24) is 10.6 Å². The molecule has 1 unspecified atom stereocenters. The number of carbonyl (C=O) groups excluding carboxylic acids is 1. The van der Waals surface area contributed by atoms with Crippen molar-refractivity contribution in [3.05, 3.63) is 48.0 Å². The summed E-state index contributed by atoms with van der Waals surface area (Å²) >= 11 is 0. The summed E-state index contributed by atoms with van der Waals surface area (Å²) in [5.74, 6) is 0.0131. The minimum absolute atomic E-state index is 0.0131. The van der Waals surface area contributed by atoms with Crippen molar-refractivity contribution in [3.63, 3.8) is 0 Å². The predicted octanol–water partition coefficient (Wildman–Crippen LogP) is 1.82. The largest absolute Gasteiger partial charge is 0.351 e. The number of hydrogen-bond acceptors (Lipinski definition) is 2. The zero-order chi connectivity index (χ0) is 13.4. The van der Waals surface area contributed by atoms with E-state index in [9.17, 15) is 4.79 Å². The summed E-state index contributed by atoms with van der Waals surface area (Å²) in [6.45, 7) is 8.84. The predicted molar refractivity (Wildman–Crippen MR) is 75.6 cm³/mol. The standard InChI is InChI=1S/C15H22N2O/c1-4-9-17-15(18)13(3)16-10-8-14-7-5-6-12(2)11-14/h4-7,11,13,16H,1,8-10H2,2-3H3,(H,17,18). The van der Waals surface area contributed by atoms with Crippen molar-refractivity contribution >= 4 is 5.91 Å². The molecule has 3 heteroatoms. The van der Waals surface area contributed by atoms with E-state index in [4.69, 9.17) is 0 Å². The smallest absolute Gasteiger partial charge is 0.237 e. The van der Waals surface area contributed by atoms with Crippen molar-refractivity contribution in [3.8, 4) is 0 Å². The topological polar surface area (TPSA) is 41.1 Å². The lowest BCUT2D eigenvalue weighted by molar-refractivity contribution is -0.122. The minimum Gasteiger partial charge on any atom is -0.351 e. The molecule has 0 aromatic heterocycles. The van der Waals surface area contributed by atoms with Gasteiger partial charge in [0.05, 0.1) is 6.04 Å². The van der Waals surface area contributed by atoms with Gasteiger partial charge in [-0.25, -0.2) is 0 Å². The first kappa shape index (κ1) is 14.5. The van der Waals surface area contributed by atoms with Crippen LogP contribution in [0.3, 0.4) is 0 Å². The van der Waals surface area contributed by atoms with Crippen LogP contribution in [-0.2, 0) is 11.2 Å². The van der Waals surface area contributed by atoms with Gasteiger partial charge in [-0.1, -0.05) is 35.9 Å². The summed E-state index contributed by atoms with van der Waals surface area (Å²) in [5, 5.41) is 5.98. The highest BCUT2D eigenvalue weighted by molar-refractivity contribution is 5.81. The fraction of sp³-hybridized carbons (Fsp3) is 0.400. The van der Waals surface area contributed by atoms with Gasteiger partial charge in [-0.15, -0.1) is 6.58 Å². The Bertz CT molecular complexity index is 401. The molecule has 1 rings (SSSR count). The van der Waals surface area contributed by atoms with Gasteiger partial charge < -0.3 is 10.6 Å². The third-order valence-electron chi connectivity index (χ3n) is 2.76. The summed E-state index contributed by atoms with van der Waals surface area (Å²) < 4.78 is 0. The number of hydrogen-bond donors (Lipinski definition) is 2.